The summed E-state index contributed by atoms with van der Waals surface area (Å²) in [7, 11) is 0. The maximum absolute atomic E-state index is 12.1. The van der Waals surface area contributed by atoms with Crippen molar-refractivity contribution in [2.75, 3.05) is 6.54 Å². The molecule has 0 aliphatic heterocycles. The number of carbonyl (C=O) groups is 1. The van der Waals surface area contributed by atoms with Crippen LogP contribution in [0.3, 0.4) is 0 Å². The van der Waals surface area contributed by atoms with Crippen LogP contribution in [0.25, 0.3) is 0 Å². The molecule has 1 rings (SSSR count). The lowest BCUT2D eigenvalue weighted by atomic mass is 10.2. The van der Waals surface area contributed by atoms with Crippen LogP contribution in [-0.2, 0) is 11.3 Å². The summed E-state index contributed by atoms with van der Waals surface area (Å²) in [5, 5.41) is 2.77. The van der Waals surface area contributed by atoms with Crippen molar-refractivity contribution >= 4 is 23.1 Å². The molecule has 0 aliphatic carbocycles. The molecule has 1 amide bonds. The SMILES string of the molecule is Cc1ccc(C(N)=S)c(=O)n1CC(=O)NCC(C)C. The van der Waals surface area contributed by atoms with Gasteiger partial charge < -0.3 is 15.6 Å². The summed E-state index contributed by atoms with van der Waals surface area (Å²) in [6.07, 6.45) is 0. The predicted molar refractivity (Wildman–Crippen MR) is 79.2 cm³/mol. The van der Waals surface area contributed by atoms with Gasteiger partial charge in [0.25, 0.3) is 5.56 Å². The van der Waals surface area contributed by atoms with Crippen LogP contribution in [0.5, 0.6) is 0 Å². The molecule has 0 fully saturated rings. The average molecular weight is 281 g/mol. The third kappa shape index (κ3) is 4.17. The zero-order valence-electron chi connectivity index (χ0n) is 11.4. The molecule has 0 radical (unpaired) electrons. The summed E-state index contributed by atoms with van der Waals surface area (Å²) in [5.41, 5.74) is 6.11. The zero-order chi connectivity index (χ0) is 14.6. The number of rotatable bonds is 5. The van der Waals surface area contributed by atoms with E-state index < -0.39 is 0 Å². The quantitative estimate of drug-likeness (QED) is 0.773. The van der Waals surface area contributed by atoms with Crippen LogP contribution in [0.1, 0.15) is 25.1 Å². The van der Waals surface area contributed by atoms with Gasteiger partial charge in [-0.25, -0.2) is 0 Å². The van der Waals surface area contributed by atoms with E-state index in [2.05, 4.69) is 5.32 Å². The number of hydrogen-bond donors (Lipinski definition) is 2. The first-order chi connectivity index (χ1) is 8.82. The predicted octanol–water partition coefficient (Wildman–Crippen LogP) is 0.563. The van der Waals surface area contributed by atoms with Gasteiger partial charge in [-0.05, 0) is 25.0 Å². The van der Waals surface area contributed by atoms with E-state index in [1.807, 2.05) is 13.8 Å². The normalized spacial score (nSPS) is 10.5. The van der Waals surface area contributed by atoms with Crippen LogP contribution in [0.2, 0.25) is 0 Å². The summed E-state index contributed by atoms with van der Waals surface area (Å²) in [6.45, 7) is 6.34. The maximum atomic E-state index is 12.1. The number of hydrogen-bond acceptors (Lipinski definition) is 3. The van der Waals surface area contributed by atoms with Crippen LogP contribution in [0, 0.1) is 12.8 Å². The van der Waals surface area contributed by atoms with Gasteiger partial charge in [-0.15, -0.1) is 0 Å². The lowest BCUT2D eigenvalue weighted by Crippen LogP contribution is -2.37. The molecule has 3 N–H and O–H groups in total. The highest BCUT2D eigenvalue weighted by atomic mass is 32.1. The lowest BCUT2D eigenvalue weighted by Gasteiger charge is -2.12. The smallest absolute Gasteiger partial charge is 0.261 e. The topological polar surface area (TPSA) is 77.1 Å². The van der Waals surface area contributed by atoms with Gasteiger partial charge in [0.05, 0.1) is 5.56 Å². The van der Waals surface area contributed by atoms with Crippen molar-refractivity contribution in [3.63, 3.8) is 0 Å². The molecule has 5 nitrogen and oxygen atoms in total. The Balaban J connectivity index is 2.95. The highest BCUT2D eigenvalue weighted by molar-refractivity contribution is 7.80. The van der Waals surface area contributed by atoms with E-state index in [0.717, 1.165) is 0 Å². The minimum atomic E-state index is -0.327. The first kappa shape index (κ1) is 15.4. The number of nitrogens with one attached hydrogen (secondary N) is 1. The molecule has 0 aromatic carbocycles. The van der Waals surface area contributed by atoms with Gasteiger partial charge in [0, 0.05) is 12.2 Å². The second-order valence-corrected chi connectivity index (χ2v) is 5.28. The largest absolute Gasteiger partial charge is 0.389 e. The van der Waals surface area contributed by atoms with Crippen molar-refractivity contribution in [1.82, 2.24) is 9.88 Å². The monoisotopic (exact) mass is 281 g/mol. The lowest BCUT2D eigenvalue weighted by molar-refractivity contribution is -0.121. The Hall–Kier alpha value is -1.69. The molecule has 19 heavy (non-hydrogen) atoms. The first-order valence-electron chi connectivity index (χ1n) is 6.10. The zero-order valence-corrected chi connectivity index (χ0v) is 12.2. The average Bonchev–Trinajstić information content (AvgIpc) is 2.31. The van der Waals surface area contributed by atoms with E-state index in [-0.39, 0.29) is 28.6 Å². The van der Waals surface area contributed by atoms with E-state index >= 15 is 0 Å². The Kier molecular flexibility index (Phi) is 5.23. The molecule has 0 spiro atoms. The van der Waals surface area contributed by atoms with Crippen LogP contribution in [-0.4, -0.2) is 22.0 Å². The van der Waals surface area contributed by atoms with Crippen LogP contribution < -0.4 is 16.6 Å². The summed E-state index contributed by atoms with van der Waals surface area (Å²) < 4.78 is 1.38. The molecular weight excluding hydrogens is 262 g/mol. The van der Waals surface area contributed by atoms with E-state index in [0.29, 0.717) is 18.2 Å². The molecular formula is C13H19N3O2S. The molecule has 0 bridgehead atoms. The van der Waals surface area contributed by atoms with E-state index in [1.54, 1.807) is 19.1 Å². The first-order valence-corrected chi connectivity index (χ1v) is 6.50. The van der Waals surface area contributed by atoms with Crippen molar-refractivity contribution in [2.24, 2.45) is 11.7 Å². The Morgan fingerprint density at radius 3 is 2.63 bits per heavy atom. The van der Waals surface area contributed by atoms with Gasteiger partial charge in [-0.3, -0.25) is 9.59 Å². The van der Waals surface area contributed by atoms with Gasteiger partial charge in [-0.1, -0.05) is 26.1 Å². The number of aromatic nitrogens is 1. The Bertz CT molecular complexity index is 549. The second kappa shape index (κ2) is 6.47. The van der Waals surface area contributed by atoms with Crippen molar-refractivity contribution in [3.05, 3.63) is 33.7 Å². The molecule has 1 aromatic rings. The Morgan fingerprint density at radius 1 is 1.47 bits per heavy atom. The number of aryl methyl sites for hydroxylation is 1. The fourth-order valence-electron chi connectivity index (χ4n) is 1.57. The fourth-order valence-corrected chi connectivity index (χ4v) is 1.73. The van der Waals surface area contributed by atoms with Gasteiger partial charge in [0.15, 0.2) is 0 Å². The van der Waals surface area contributed by atoms with E-state index in [1.165, 1.54) is 4.57 Å². The molecule has 0 saturated carbocycles. The minimum Gasteiger partial charge on any atom is -0.389 e. The van der Waals surface area contributed by atoms with E-state index in [9.17, 15) is 9.59 Å². The molecule has 0 unspecified atom stereocenters. The number of nitrogens with zero attached hydrogens (tertiary/aromatic N) is 1. The summed E-state index contributed by atoms with van der Waals surface area (Å²) >= 11 is 4.82. The van der Waals surface area contributed by atoms with Crippen LogP contribution in [0.4, 0.5) is 0 Å². The van der Waals surface area contributed by atoms with Crippen molar-refractivity contribution in [1.29, 1.82) is 0 Å². The third-order valence-corrected chi connectivity index (χ3v) is 2.89. The Labute approximate surface area is 117 Å². The number of amides is 1. The molecule has 104 valence electrons. The van der Waals surface area contributed by atoms with Crippen molar-refractivity contribution < 1.29 is 4.79 Å². The van der Waals surface area contributed by atoms with Gasteiger partial charge in [0.1, 0.15) is 11.5 Å². The van der Waals surface area contributed by atoms with Gasteiger partial charge in [-0.2, -0.15) is 0 Å². The third-order valence-electron chi connectivity index (χ3n) is 2.67. The molecule has 1 aromatic heterocycles. The summed E-state index contributed by atoms with van der Waals surface area (Å²) in [6, 6.07) is 3.31. The minimum absolute atomic E-state index is 0.0200. The molecule has 1 heterocycles. The number of pyridine rings is 1. The number of nitrogens with two attached hydrogens (primary N) is 1. The number of thiocarbonyl (C=S) groups is 1. The summed E-state index contributed by atoms with van der Waals surface area (Å²) in [4.78, 5) is 23.9. The van der Waals surface area contributed by atoms with Crippen molar-refractivity contribution in [3.8, 4) is 0 Å². The Morgan fingerprint density at radius 2 is 2.11 bits per heavy atom. The van der Waals surface area contributed by atoms with Gasteiger partial charge in [0.2, 0.25) is 5.91 Å². The van der Waals surface area contributed by atoms with Crippen LogP contribution in [0.15, 0.2) is 16.9 Å². The van der Waals surface area contributed by atoms with Crippen LogP contribution >= 0.6 is 12.2 Å². The van der Waals surface area contributed by atoms with Crippen molar-refractivity contribution in [2.45, 2.75) is 27.3 Å². The standard InChI is InChI=1S/C13H19N3O2S/c1-8(2)6-15-11(17)7-16-9(3)4-5-10(12(14)19)13(16)18/h4-5,8H,6-7H2,1-3H3,(H2,14,19)(H,15,17). The molecule has 6 heteroatoms. The highest BCUT2D eigenvalue weighted by Crippen LogP contribution is 1.99. The fraction of sp³-hybridized carbons (Fsp3) is 0.462. The van der Waals surface area contributed by atoms with Gasteiger partial charge >= 0.3 is 0 Å². The summed E-state index contributed by atoms with van der Waals surface area (Å²) in [5.74, 6) is 0.170. The number of carbonyl (C=O) groups excluding carboxylic acids is 1. The molecule has 0 aliphatic rings. The highest BCUT2D eigenvalue weighted by Gasteiger charge is 2.11. The molecule has 0 atom stereocenters. The van der Waals surface area contributed by atoms with E-state index in [4.69, 9.17) is 18.0 Å². The molecule has 0 saturated heterocycles. The second-order valence-electron chi connectivity index (χ2n) is 4.84. The maximum Gasteiger partial charge on any atom is 0.261 e.